The summed E-state index contributed by atoms with van der Waals surface area (Å²) in [5.74, 6) is 3.19. The van der Waals surface area contributed by atoms with E-state index in [2.05, 4.69) is 39.5 Å². The molecule has 8 heteroatoms. The second-order valence-electron chi connectivity index (χ2n) is 5.38. The van der Waals surface area contributed by atoms with Crippen LogP contribution in [0.1, 0.15) is 68.4 Å². The normalized spacial score (nSPS) is 16.3. The van der Waals surface area contributed by atoms with Crippen LogP contribution < -0.4 is 0 Å². The molecule has 1 aliphatic rings. The van der Waals surface area contributed by atoms with E-state index in [-0.39, 0.29) is 5.25 Å². The Bertz CT molecular complexity index is 579. The molecule has 2 aromatic rings. The number of aromatic nitrogens is 6. The lowest BCUT2D eigenvalue weighted by Gasteiger charge is -2.06. The first-order chi connectivity index (χ1) is 10.3. The van der Waals surface area contributed by atoms with Crippen LogP contribution in [0.4, 0.5) is 0 Å². The highest BCUT2D eigenvalue weighted by molar-refractivity contribution is 7.98. The Balaban J connectivity index is 1.54. The maximum absolute atomic E-state index is 5.34. The van der Waals surface area contributed by atoms with Gasteiger partial charge in [-0.05, 0) is 36.6 Å². The molecule has 1 saturated carbocycles. The van der Waals surface area contributed by atoms with Gasteiger partial charge in [-0.3, -0.25) is 0 Å². The standard InChI is InChI=1S/C13H20N6OS/c1-3-4-5-11-14-13(20-16-11)9(2)21-8-12-15-17-18-19(12)10-6-7-10/h9-10H,3-8H2,1-2H3/t9-/m0/s1. The fraction of sp³-hybridized carbons (Fsp3) is 0.769. The van der Waals surface area contributed by atoms with Crippen LogP contribution >= 0.6 is 11.8 Å². The van der Waals surface area contributed by atoms with E-state index >= 15 is 0 Å². The Morgan fingerprint density at radius 2 is 2.29 bits per heavy atom. The smallest absolute Gasteiger partial charge is 0.239 e. The predicted molar refractivity (Wildman–Crippen MR) is 78.7 cm³/mol. The van der Waals surface area contributed by atoms with E-state index in [1.165, 1.54) is 12.8 Å². The summed E-state index contributed by atoms with van der Waals surface area (Å²) >= 11 is 1.72. The number of hydrogen-bond donors (Lipinski definition) is 0. The van der Waals surface area contributed by atoms with Gasteiger partial charge in [0.2, 0.25) is 5.89 Å². The summed E-state index contributed by atoms with van der Waals surface area (Å²) in [6, 6.07) is 0.509. The summed E-state index contributed by atoms with van der Waals surface area (Å²) in [5, 5.41) is 16.1. The van der Waals surface area contributed by atoms with E-state index in [9.17, 15) is 0 Å². The molecule has 3 rings (SSSR count). The van der Waals surface area contributed by atoms with Gasteiger partial charge in [0.15, 0.2) is 11.6 Å². The minimum Gasteiger partial charge on any atom is -0.338 e. The molecule has 114 valence electrons. The van der Waals surface area contributed by atoms with Crippen molar-refractivity contribution in [2.45, 2.75) is 63.0 Å². The molecule has 1 aliphatic carbocycles. The van der Waals surface area contributed by atoms with Crippen LogP contribution in [0.25, 0.3) is 0 Å². The molecule has 0 aliphatic heterocycles. The predicted octanol–water partition coefficient (Wildman–Crippen LogP) is 2.73. The molecule has 0 unspecified atom stereocenters. The van der Waals surface area contributed by atoms with Crippen molar-refractivity contribution in [3.63, 3.8) is 0 Å². The van der Waals surface area contributed by atoms with Gasteiger partial charge in [0.05, 0.1) is 17.0 Å². The lowest BCUT2D eigenvalue weighted by molar-refractivity contribution is 0.374. The topological polar surface area (TPSA) is 82.5 Å². The molecule has 7 nitrogen and oxygen atoms in total. The minimum atomic E-state index is 0.150. The first kappa shape index (κ1) is 14.5. The molecule has 2 aromatic heterocycles. The number of tetrazole rings is 1. The van der Waals surface area contributed by atoms with Crippen molar-refractivity contribution in [1.82, 2.24) is 30.3 Å². The Labute approximate surface area is 127 Å². The second kappa shape index (κ2) is 6.55. The van der Waals surface area contributed by atoms with E-state index in [1.54, 1.807) is 11.8 Å². The minimum absolute atomic E-state index is 0.150. The third-order valence-corrected chi connectivity index (χ3v) is 4.63. The number of aryl methyl sites for hydroxylation is 1. The molecule has 0 aromatic carbocycles. The summed E-state index contributed by atoms with van der Waals surface area (Å²) < 4.78 is 7.29. The molecule has 2 heterocycles. The maximum atomic E-state index is 5.34. The summed E-state index contributed by atoms with van der Waals surface area (Å²) in [7, 11) is 0. The summed E-state index contributed by atoms with van der Waals surface area (Å²) in [5.41, 5.74) is 0. The van der Waals surface area contributed by atoms with E-state index in [4.69, 9.17) is 4.52 Å². The Morgan fingerprint density at radius 3 is 3.05 bits per heavy atom. The molecule has 21 heavy (non-hydrogen) atoms. The molecule has 0 radical (unpaired) electrons. The van der Waals surface area contributed by atoms with Crippen LogP contribution in [-0.2, 0) is 12.2 Å². The quantitative estimate of drug-likeness (QED) is 0.741. The molecule has 1 fully saturated rings. The monoisotopic (exact) mass is 308 g/mol. The van der Waals surface area contributed by atoms with Gasteiger partial charge in [0.1, 0.15) is 0 Å². The van der Waals surface area contributed by atoms with Crippen molar-refractivity contribution >= 4 is 11.8 Å². The van der Waals surface area contributed by atoms with Crippen molar-refractivity contribution in [3.05, 3.63) is 17.5 Å². The van der Waals surface area contributed by atoms with Crippen LogP contribution in [0.5, 0.6) is 0 Å². The number of hydrogen-bond acceptors (Lipinski definition) is 7. The number of thioether (sulfide) groups is 1. The van der Waals surface area contributed by atoms with Gasteiger partial charge in [0, 0.05) is 6.42 Å². The van der Waals surface area contributed by atoms with Gasteiger partial charge < -0.3 is 4.52 Å². The van der Waals surface area contributed by atoms with Gasteiger partial charge in [-0.2, -0.15) is 4.98 Å². The molecule has 0 amide bonds. The first-order valence-electron chi connectivity index (χ1n) is 7.48. The Kier molecular flexibility index (Phi) is 4.52. The Hall–Kier alpha value is -1.44. The van der Waals surface area contributed by atoms with Crippen LogP contribution in [-0.4, -0.2) is 30.3 Å². The third kappa shape index (κ3) is 3.61. The van der Waals surface area contributed by atoms with Crippen LogP contribution in [0.15, 0.2) is 4.52 Å². The molecule has 0 saturated heterocycles. The zero-order valence-electron chi connectivity index (χ0n) is 12.4. The van der Waals surface area contributed by atoms with Crippen molar-refractivity contribution in [1.29, 1.82) is 0 Å². The molecule has 0 spiro atoms. The molecule has 0 bridgehead atoms. The number of unbranched alkanes of at least 4 members (excludes halogenated alkanes) is 1. The van der Waals surface area contributed by atoms with Gasteiger partial charge in [-0.1, -0.05) is 18.5 Å². The van der Waals surface area contributed by atoms with Crippen molar-refractivity contribution in [2.75, 3.05) is 0 Å². The summed E-state index contributed by atoms with van der Waals surface area (Å²) in [4.78, 5) is 4.46. The van der Waals surface area contributed by atoms with E-state index in [0.717, 1.165) is 36.7 Å². The summed E-state index contributed by atoms with van der Waals surface area (Å²) in [6.45, 7) is 4.23. The highest BCUT2D eigenvalue weighted by Crippen LogP contribution is 2.36. The van der Waals surface area contributed by atoms with E-state index < -0.39 is 0 Å². The number of rotatable bonds is 8. The third-order valence-electron chi connectivity index (χ3n) is 3.50. The highest BCUT2D eigenvalue weighted by atomic mass is 32.2. The molecular weight excluding hydrogens is 288 g/mol. The lowest BCUT2D eigenvalue weighted by Crippen LogP contribution is -2.03. The van der Waals surface area contributed by atoms with Crippen LogP contribution in [0, 0.1) is 0 Å². The van der Waals surface area contributed by atoms with Crippen LogP contribution in [0.2, 0.25) is 0 Å². The van der Waals surface area contributed by atoms with Crippen LogP contribution in [0.3, 0.4) is 0 Å². The zero-order valence-corrected chi connectivity index (χ0v) is 13.2. The summed E-state index contributed by atoms with van der Waals surface area (Å²) in [6.07, 6.45) is 5.48. The zero-order chi connectivity index (χ0) is 14.7. The van der Waals surface area contributed by atoms with Crippen molar-refractivity contribution in [2.24, 2.45) is 0 Å². The second-order valence-corrected chi connectivity index (χ2v) is 6.71. The maximum Gasteiger partial charge on any atom is 0.239 e. The first-order valence-corrected chi connectivity index (χ1v) is 8.53. The van der Waals surface area contributed by atoms with Crippen molar-refractivity contribution in [3.8, 4) is 0 Å². The molecule has 0 N–H and O–H groups in total. The molecular formula is C13H20N6OS. The SMILES string of the molecule is CCCCc1noc([C@H](C)SCc2nnnn2C2CC2)n1. The van der Waals surface area contributed by atoms with E-state index in [0.29, 0.717) is 11.9 Å². The molecule has 1 atom stereocenters. The van der Waals surface area contributed by atoms with Gasteiger partial charge >= 0.3 is 0 Å². The lowest BCUT2D eigenvalue weighted by atomic mass is 10.2. The average Bonchev–Trinajstić information content (AvgIpc) is 3.04. The van der Waals surface area contributed by atoms with Gasteiger partial charge in [-0.25, -0.2) is 4.68 Å². The highest BCUT2D eigenvalue weighted by Gasteiger charge is 2.28. The number of nitrogens with zero attached hydrogens (tertiary/aromatic N) is 6. The van der Waals surface area contributed by atoms with Crippen molar-refractivity contribution < 1.29 is 4.52 Å². The fourth-order valence-electron chi connectivity index (χ4n) is 2.05. The van der Waals surface area contributed by atoms with E-state index in [1.807, 2.05) is 4.68 Å². The Morgan fingerprint density at radius 1 is 1.43 bits per heavy atom. The fourth-order valence-corrected chi connectivity index (χ4v) is 2.88. The van der Waals surface area contributed by atoms with Gasteiger partial charge in [0.25, 0.3) is 0 Å². The van der Waals surface area contributed by atoms with Gasteiger partial charge in [-0.15, -0.1) is 16.9 Å². The average molecular weight is 308 g/mol. The largest absolute Gasteiger partial charge is 0.338 e.